The number of aryl methyl sites for hydroxylation is 3. The normalized spacial score (nSPS) is 12.5. The highest BCUT2D eigenvalue weighted by Gasteiger charge is 2.11. The molecule has 0 saturated heterocycles. The van der Waals surface area contributed by atoms with Gasteiger partial charge in [0.25, 0.3) is 0 Å². The smallest absolute Gasteiger partial charge is 0.192 e. The SMILES string of the molecule is CCNC(=NCc1c(C)nn(C)c1C)NC(C)c1ccc(CC)cc1.I. The van der Waals surface area contributed by atoms with E-state index in [4.69, 9.17) is 4.99 Å². The maximum Gasteiger partial charge on any atom is 0.192 e. The van der Waals surface area contributed by atoms with Crippen LogP contribution in [0.2, 0.25) is 0 Å². The van der Waals surface area contributed by atoms with Crippen LogP contribution in [-0.2, 0) is 20.0 Å². The van der Waals surface area contributed by atoms with Crippen molar-refractivity contribution >= 4 is 29.9 Å². The number of rotatable bonds is 6. The van der Waals surface area contributed by atoms with Crippen LogP contribution in [0.4, 0.5) is 0 Å². The van der Waals surface area contributed by atoms with Gasteiger partial charge < -0.3 is 10.6 Å². The van der Waals surface area contributed by atoms with E-state index >= 15 is 0 Å². The maximum absolute atomic E-state index is 4.76. The first kappa shape index (κ1) is 22.5. The fraction of sp³-hybridized carbons (Fsp3) is 0.500. The number of halogens is 1. The summed E-state index contributed by atoms with van der Waals surface area (Å²) >= 11 is 0. The second-order valence-corrected chi connectivity index (χ2v) is 6.43. The summed E-state index contributed by atoms with van der Waals surface area (Å²) < 4.78 is 1.92. The number of aliphatic imine (C=N–C) groups is 1. The molecular formula is C20H32IN5. The van der Waals surface area contributed by atoms with Crippen molar-refractivity contribution in [3.05, 3.63) is 52.3 Å². The molecule has 0 bridgehead atoms. The van der Waals surface area contributed by atoms with Crippen molar-refractivity contribution in [1.29, 1.82) is 0 Å². The molecule has 0 spiro atoms. The van der Waals surface area contributed by atoms with E-state index in [2.05, 4.69) is 67.7 Å². The van der Waals surface area contributed by atoms with Crippen LogP contribution in [0.25, 0.3) is 0 Å². The van der Waals surface area contributed by atoms with Gasteiger partial charge in [-0.1, -0.05) is 31.2 Å². The summed E-state index contributed by atoms with van der Waals surface area (Å²) in [5, 5.41) is 11.3. The molecule has 26 heavy (non-hydrogen) atoms. The third kappa shape index (κ3) is 5.72. The fourth-order valence-corrected chi connectivity index (χ4v) is 2.85. The molecule has 0 radical (unpaired) electrons. The lowest BCUT2D eigenvalue weighted by Crippen LogP contribution is -2.38. The molecule has 5 nitrogen and oxygen atoms in total. The Balaban J connectivity index is 0.00000338. The van der Waals surface area contributed by atoms with Gasteiger partial charge >= 0.3 is 0 Å². The van der Waals surface area contributed by atoms with Crippen LogP contribution in [0.15, 0.2) is 29.3 Å². The average molecular weight is 469 g/mol. The summed E-state index contributed by atoms with van der Waals surface area (Å²) in [4.78, 5) is 4.76. The molecule has 2 N–H and O–H groups in total. The van der Waals surface area contributed by atoms with E-state index in [0.717, 1.165) is 24.6 Å². The molecule has 1 unspecified atom stereocenters. The highest BCUT2D eigenvalue weighted by atomic mass is 127. The van der Waals surface area contributed by atoms with Gasteiger partial charge in [-0.2, -0.15) is 5.10 Å². The zero-order valence-corrected chi connectivity index (χ0v) is 19.1. The summed E-state index contributed by atoms with van der Waals surface area (Å²) in [5.74, 6) is 0.831. The van der Waals surface area contributed by atoms with Crippen LogP contribution < -0.4 is 10.6 Å². The molecule has 0 amide bonds. The van der Waals surface area contributed by atoms with Gasteiger partial charge in [0.1, 0.15) is 0 Å². The van der Waals surface area contributed by atoms with Gasteiger partial charge in [0.15, 0.2) is 5.96 Å². The Morgan fingerprint density at radius 3 is 2.35 bits per heavy atom. The lowest BCUT2D eigenvalue weighted by molar-refractivity contribution is 0.685. The third-order valence-corrected chi connectivity index (χ3v) is 4.64. The predicted octanol–water partition coefficient (Wildman–Crippen LogP) is 4.03. The minimum atomic E-state index is 0. The molecule has 0 saturated carbocycles. The largest absolute Gasteiger partial charge is 0.357 e. The number of nitrogens with one attached hydrogen (secondary N) is 2. The number of hydrogen-bond acceptors (Lipinski definition) is 2. The summed E-state index contributed by atoms with van der Waals surface area (Å²) in [5.41, 5.74) is 6.03. The molecule has 2 aromatic rings. The van der Waals surface area contributed by atoms with Crippen LogP contribution in [0.1, 0.15) is 54.9 Å². The van der Waals surface area contributed by atoms with Gasteiger partial charge in [-0.15, -0.1) is 24.0 Å². The van der Waals surface area contributed by atoms with Crippen LogP contribution in [-0.4, -0.2) is 22.3 Å². The minimum Gasteiger partial charge on any atom is -0.357 e. The topological polar surface area (TPSA) is 54.2 Å². The number of hydrogen-bond donors (Lipinski definition) is 2. The highest BCUT2D eigenvalue weighted by molar-refractivity contribution is 14.0. The third-order valence-electron chi connectivity index (χ3n) is 4.64. The molecule has 1 aromatic heterocycles. The molecule has 1 aromatic carbocycles. The van der Waals surface area contributed by atoms with Crippen molar-refractivity contribution in [3.63, 3.8) is 0 Å². The average Bonchev–Trinajstić information content (AvgIpc) is 2.85. The van der Waals surface area contributed by atoms with Crippen LogP contribution in [0.5, 0.6) is 0 Å². The molecule has 1 atom stereocenters. The molecule has 0 aliphatic heterocycles. The molecule has 1 heterocycles. The van der Waals surface area contributed by atoms with Crippen molar-refractivity contribution in [2.24, 2.45) is 12.0 Å². The Morgan fingerprint density at radius 2 is 1.85 bits per heavy atom. The monoisotopic (exact) mass is 469 g/mol. The zero-order valence-electron chi connectivity index (χ0n) is 16.8. The highest BCUT2D eigenvalue weighted by Crippen LogP contribution is 2.15. The number of benzene rings is 1. The summed E-state index contributed by atoms with van der Waals surface area (Å²) in [6, 6.07) is 8.96. The molecule has 144 valence electrons. The van der Waals surface area contributed by atoms with Gasteiger partial charge in [0, 0.05) is 24.8 Å². The standard InChI is InChI=1S/C20H31N5.HI/c1-7-17-9-11-18(12-10-17)14(3)23-20(21-8-2)22-13-19-15(4)24-25(6)16(19)5;/h9-12,14H,7-8,13H2,1-6H3,(H2,21,22,23);1H. The Bertz CT molecular complexity index is 719. The molecule has 0 fully saturated rings. The predicted molar refractivity (Wildman–Crippen MR) is 120 cm³/mol. The maximum atomic E-state index is 4.76. The molecule has 2 rings (SSSR count). The number of aromatic nitrogens is 2. The quantitative estimate of drug-likeness (QED) is 0.382. The van der Waals surface area contributed by atoms with E-state index in [0.29, 0.717) is 6.54 Å². The molecular weight excluding hydrogens is 437 g/mol. The van der Waals surface area contributed by atoms with Crippen LogP contribution in [0, 0.1) is 13.8 Å². The molecule has 0 aliphatic rings. The van der Waals surface area contributed by atoms with E-state index < -0.39 is 0 Å². The Kier molecular flexibility index (Phi) is 9.12. The lowest BCUT2D eigenvalue weighted by Gasteiger charge is -2.18. The van der Waals surface area contributed by atoms with Gasteiger partial charge in [0.2, 0.25) is 0 Å². The van der Waals surface area contributed by atoms with Gasteiger partial charge in [-0.05, 0) is 45.2 Å². The zero-order chi connectivity index (χ0) is 18.4. The van der Waals surface area contributed by atoms with Crippen LogP contribution >= 0.6 is 24.0 Å². The summed E-state index contributed by atoms with van der Waals surface area (Å²) in [6.45, 7) is 12.0. The lowest BCUT2D eigenvalue weighted by atomic mass is 10.1. The number of guanidine groups is 1. The van der Waals surface area contributed by atoms with Crippen molar-refractivity contribution in [3.8, 4) is 0 Å². The van der Waals surface area contributed by atoms with Crippen molar-refractivity contribution in [1.82, 2.24) is 20.4 Å². The Morgan fingerprint density at radius 1 is 1.19 bits per heavy atom. The van der Waals surface area contributed by atoms with E-state index in [-0.39, 0.29) is 30.0 Å². The van der Waals surface area contributed by atoms with Crippen molar-refractivity contribution < 1.29 is 0 Å². The first-order valence-electron chi connectivity index (χ1n) is 9.09. The first-order chi connectivity index (χ1) is 12.0. The van der Waals surface area contributed by atoms with Crippen LogP contribution in [0.3, 0.4) is 0 Å². The summed E-state index contributed by atoms with van der Waals surface area (Å²) in [6.07, 6.45) is 1.07. The molecule has 6 heteroatoms. The van der Waals surface area contributed by atoms with E-state index in [1.807, 2.05) is 18.7 Å². The van der Waals surface area contributed by atoms with Gasteiger partial charge in [0.05, 0.1) is 18.3 Å². The second-order valence-electron chi connectivity index (χ2n) is 6.43. The Hall–Kier alpha value is -1.57. The fourth-order valence-electron chi connectivity index (χ4n) is 2.85. The van der Waals surface area contributed by atoms with Crippen molar-refractivity contribution in [2.45, 2.75) is 53.6 Å². The second kappa shape index (κ2) is 10.5. The molecule has 0 aliphatic carbocycles. The first-order valence-corrected chi connectivity index (χ1v) is 9.09. The van der Waals surface area contributed by atoms with E-state index in [1.165, 1.54) is 22.4 Å². The Labute approximate surface area is 174 Å². The van der Waals surface area contributed by atoms with E-state index in [1.54, 1.807) is 0 Å². The van der Waals surface area contributed by atoms with Gasteiger partial charge in [-0.3, -0.25) is 4.68 Å². The summed E-state index contributed by atoms with van der Waals surface area (Å²) in [7, 11) is 1.97. The number of nitrogens with zero attached hydrogens (tertiary/aromatic N) is 3. The minimum absolute atomic E-state index is 0. The van der Waals surface area contributed by atoms with Crippen molar-refractivity contribution in [2.75, 3.05) is 6.54 Å². The van der Waals surface area contributed by atoms with E-state index in [9.17, 15) is 0 Å². The van der Waals surface area contributed by atoms with Gasteiger partial charge in [-0.25, -0.2) is 4.99 Å².